The van der Waals surface area contributed by atoms with E-state index in [-0.39, 0.29) is 6.04 Å². The normalized spacial score (nSPS) is 12.4. The second-order valence-corrected chi connectivity index (χ2v) is 6.98. The molecule has 3 heteroatoms. The van der Waals surface area contributed by atoms with Crippen molar-refractivity contribution in [2.24, 2.45) is 0 Å². The van der Waals surface area contributed by atoms with Crippen LogP contribution in [0.5, 0.6) is 0 Å². The molecule has 0 aliphatic rings. The molecular weight excluding hydrogens is 425 g/mol. The van der Waals surface area contributed by atoms with Crippen LogP contribution in [-0.2, 0) is 6.42 Å². The monoisotopic (exact) mass is 443 g/mol. The lowest BCUT2D eigenvalue weighted by Crippen LogP contribution is -2.18. The molecule has 0 aromatic heterocycles. The zero-order valence-corrected chi connectivity index (χ0v) is 15.5. The molecule has 20 heavy (non-hydrogen) atoms. The lowest BCUT2D eigenvalue weighted by atomic mass is 9.96. The average molecular weight is 444 g/mol. The van der Waals surface area contributed by atoms with Gasteiger partial charge in [-0.3, -0.25) is 0 Å². The molecule has 0 amide bonds. The highest BCUT2D eigenvalue weighted by Crippen LogP contribution is 2.30. The molecule has 0 fully saturated rings. The molecule has 1 atom stereocenters. The highest BCUT2D eigenvalue weighted by Gasteiger charge is 2.15. The molecule has 0 aliphatic carbocycles. The van der Waals surface area contributed by atoms with Gasteiger partial charge in [-0.25, -0.2) is 0 Å². The fraction of sp³-hybridized carbons (Fsp3) is 0.294. The lowest BCUT2D eigenvalue weighted by molar-refractivity contribution is 0.687. The van der Waals surface area contributed by atoms with Gasteiger partial charge in [0.2, 0.25) is 0 Å². The van der Waals surface area contributed by atoms with E-state index in [2.05, 4.69) is 93.2 Å². The summed E-state index contributed by atoms with van der Waals surface area (Å²) in [4.78, 5) is 0. The Labute approximate surface area is 143 Å². The summed E-state index contributed by atoms with van der Waals surface area (Å²) in [5.74, 6) is 0. The highest BCUT2D eigenvalue weighted by molar-refractivity contribution is 14.1. The number of hydrogen-bond acceptors (Lipinski definition) is 1. The summed E-state index contributed by atoms with van der Waals surface area (Å²) in [7, 11) is 2.02. The minimum Gasteiger partial charge on any atom is -0.309 e. The molecule has 106 valence electrons. The standard InChI is InChI=1S/C17H19BrIN/c1-3-5-12-6-4-7-13(10-12)17(20-2)15-11-14(19)8-9-16(15)18/h4,6-11,17,20H,3,5H2,1-2H3. The van der Waals surface area contributed by atoms with Gasteiger partial charge in [0.25, 0.3) is 0 Å². The van der Waals surface area contributed by atoms with Crippen LogP contribution < -0.4 is 5.32 Å². The van der Waals surface area contributed by atoms with Crippen LogP contribution in [-0.4, -0.2) is 7.05 Å². The van der Waals surface area contributed by atoms with Crippen LogP contribution in [0.25, 0.3) is 0 Å². The number of benzene rings is 2. The summed E-state index contributed by atoms with van der Waals surface area (Å²) in [6, 6.07) is 15.6. The first-order valence-corrected chi connectivity index (χ1v) is 8.74. The summed E-state index contributed by atoms with van der Waals surface area (Å²) < 4.78 is 2.41. The maximum absolute atomic E-state index is 3.68. The Morgan fingerprint density at radius 1 is 1.20 bits per heavy atom. The molecule has 0 bridgehead atoms. The quantitative estimate of drug-likeness (QED) is 0.617. The number of halogens is 2. The largest absolute Gasteiger partial charge is 0.309 e. The van der Waals surface area contributed by atoms with E-state index >= 15 is 0 Å². The van der Waals surface area contributed by atoms with Gasteiger partial charge in [0.05, 0.1) is 6.04 Å². The van der Waals surface area contributed by atoms with E-state index in [1.807, 2.05) is 7.05 Å². The molecule has 1 nitrogen and oxygen atoms in total. The molecule has 2 rings (SSSR count). The van der Waals surface area contributed by atoms with Gasteiger partial charge < -0.3 is 5.32 Å². The number of aryl methyl sites for hydroxylation is 1. The van der Waals surface area contributed by atoms with Crippen molar-refractivity contribution in [3.8, 4) is 0 Å². The maximum Gasteiger partial charge on any atom is 0.0585 e. The van der Waals surface area contributed by atoms with Crippen LogP contribution in [0.3, 0.4) is 0 Å². The predicted octanol–water partition coefficient (Wildman–Crippen LogP) is 5.32. The van der Waals surface area contributed by atoms with Crippen LogP contribution in [0.1, 0.15) is 36.1 Å². The molecule has 2 aromatic carbocycles. The molecule has 0 radical (unpaired) electrons. The molecule has 0 spiro atoms. The Bertz CT molecular complexity index is 583. The van der Waals surface area contributed by atoms with E-state index in [9.17, 15) is 0 Å². The first kappa shape index (κ1) is 16.0. The smallest absolute Gasteiger partial charge is 0.0585 e. The first-order valence-electron chi connectivity index (χ1n) is 6.86. The van der Waals surface area contributed by atoms with Crippen molar-refractivity contribution >= 4 is 38.5 Å². The van der Waals surface area contributed by atoms with Gasteiger partial charge in [-0.05, 0) is 70.9 Å². The fourth-order valence-corrected chi connectivity index (χ4v) is 3.45. The van der Waals surface area contributed by atoms with Crippen LogP contribution in [0.4, 0.5) is 0 Å². The zero-order chi connectivity index (χ0) is 14.5. The van der Waals surface area contributed by atoms with Crippen molar-refractivity contribution < 1.29 is 0 Å². The third kappa shape index (κ3) is 3.83. The third-order valence-corrected chi connectivity index (χ3v) is 4.77. The van der Waals surface area contributed by atoms with Crippen LogP contribution >= 0.6 is 38.5 Å². The van der Waals surface area contributed by atoms with E-state index in [1.165, 1.54) is 26.7 Å². The minimum absolute atomic E-state index is 0.218. The Kier molecular flexibility index (Phi) is 6.05. The lowest BCUT2D eigenvalue weighted by Gasteiger charge is -2.20. The van der Waals surface area contributed by atoms with Gasteiger partial charge in [-0.1, -0.05) is 53.5 Å². The van der Waals surface area contributed by atoms with Gasteiger partial charge in [0.15, 0.2) is 0 Å². The summed E-state index contributed by atoms with van der Waals surface area (Å²) in [6.45, 7) is 2.22. The zero-order valence-electron chi connectivity index (χ0n) is 11.8. The third-order valence-electron chi connectivity index (χ3n) is 3.38. The van der Waals surface area contributed by atoms with E-state index in [0.29, 0.717) is 0 Å². The molecule has 1 unspecified atom stereocenters. The van der Waals surface area contributed by atoms with Crippen molar-refractivity contribution in [3.63, 3.8) is 0 Å². The Hall–Kier alpha value is -0.390. The van der Waals surface area contributed by atoms with E-state index in [1.54, 1.807) is 0 Å². The molecule has 1 N–H and O–H groups in total. The van der Waals surface area contributed by atoms with Crippen molar-refractivity contribution in [2.75, 3.05) is 7.05 Å². The Balaban J connectivity index is 2.41. The van der Waals surface area contributed by atoms with Crippen LogP contribution in [0, 0.1) is 3.57 Å². The number of nitrogens with one attached hydrogen (secondary N) is 1. The van der Waals surface area contributed by atoms with Crippen molar-refractivity contribution in [1.82, 2.24) is 5.32 Å². The topological polar surface area (TPSA) is 12.0 Å². The summed E-state index contributed by atoms with van der Waals surface area (Å²) in [6.07, 6.45) is 2.32. The molecule has 0 aliphatic heterocycles. The molecule has 2 aromatic rings. The SMILES string of the molecule is CCCc1cccc(C(NC)c2cc(I)ccc2Br)c1. The van der Waals surface area contributed by atoms with Crippen molar-refractivity contribution in [1.29, 1.82) is 0 Å². The van der Waals surface area contributed by atoms with Gasteiger partial charge >= 0.3 is 0 Å². The fourth-order valence-electron chi connectivity index (χ4n) is 2.45. The predicted molar refractivity (Wildman–Crippen MR) is 98.2 cm³/mol. The Morgan fingerprint density at radius 3 is 2.70 bits per heavy atom. The average Bonchev–Trinajstić information content (AvgIpc) is 2.44. The first-order chi connectivity index (χ1) is 9.65. The Morgan fingerprint density at radius 2 is 2.00 bits per heavy atom. The van der Waals surface area contributed by atoms with Gasteiger partial charge in [-0.15, -0.1) is 0 Å². The number of rotatable bonds is 5. The highest BCUT2D eigenvalue weighted by atomic mass is 127. The summed E-state index contributed by atoms with van der Waals surface area (Å²) in [5, 5.41) is 3.44. The van der Waals surface area contributed by atoms with Crippen LogP contribution in [0.2, 0.25) is 0 Å². The minimum atomic E-state index is 0.218. The number of hydrogen-bond donors (Lipinski definition) is 1. The maximum atomic E-state index is 3.68. The molecule has 0 saturated carbocycles. The van der Waals surface area contributed by atoms with E-state index < -0.39 is 0 Å². The summed E-state index contributed by atoms with van der Waals surface area (Å²) in [5.41, 5.74) is 4.01. The van der Waals surface area contributed by atoms with Crippen LogP contribution in [0.15, 0.2) is 46.9 Å². The van der Waals surface area contributed by atoms with Gasteiger partial charge in [0.1, 0.15) is 0 Å². The van der Waals surface area contributed by atoms with Crippen molar-refractivity contribution in [2.45, 2.75) is 25.8 Å². The molecular formula is C17H19BrIN. The van der Waals surface area contributed by atoms with E-state index in [4.69, 9.17) is 0 Å². The second-order valence-electron chi connectivity index (χ2n) is 4.88. The van der Waals surface area contributed by atoms with Crippen molar-refractivity contribution in [3.05, 3.63) is 67.2 Å². The van der Waals surface area contributed by atoms with Gasteiger partial charge in [0, 0.05) is 8.04 Å². The molecule has 0 saturated heterocycles. The van der Waals surface area contributed by atoms with E-state index in [0.717, 1.165) is 10.9 Å². The molecule has 0 heterocycles. The van der Waals surface area contributed by atoms with Gasteiger partial charge in [-0.2, -0.15) is 0 Å². The summed E-state index contributed by atoms with van der Waals surface area (Å²) >= 11 is 6.04. The second kappa shape index (κ2) is 7.57.